The van der Waals surface area contributed by atoms with Crippen LogP contribution in [0.4, 0.5) is 0 Å². The molecule has 0 saturated carbocycles. The summed E-state index contributed by atoms with van der Waals surface area (Å²) in [5.74, 6) is 0.596. The van der Waals surface area contributed by atoms with Crippen molar-refractivity contribution in [1.82, 2.24) is 0 Å². The molecule has 0 unspecified atom stereocenters. The van der Waals surface area contributed by atoms with Crippen LogP contribution in [0.25, 0.3) is 11.0 Å². The van der Waals surface area contributed by atoms with Gasteiger partial charge in [0.25, 0.3) is 0 Å². The van der Waals surface area contributed by atoms with Gasteiger partial charge in [-0.15, -0.1) is 0 Å². The Kier molecular flexibility index (Phi) is 15.4. The van der Waals surface area contributed by atoms with Gasteiger partial charge in [0, 0.05) is 6.07 Å². The van der Waals surface area contributed by atoms with Crippen LogP contribution in [-0.4, -0.2) is 37.3 Å². The van der Waals surface area contributed by atoms with Gasteiger partial charge in [-0.1, -0.05) is 182 Å². The summed E-state index contributed by atoms with van der Waals surface area (Å²) in [6.07, 6.45) is -3.91. The summed E-state index contributed by atoms with van der Waals surface area (Å²) in [4.78, 5) is 13.8. The lowest BCUT2D eigenvalue weighted by molar-refractivity contribution is -0.310. The van der Waals surface area contributed by atoms with Crippen LogP contribution in [0.15, 0.2) is 209 Å². The number of hydrogen-bond donors (Lipinski definition) is 0. The summed E-state index contributed by atoms with van der Waals surface area (Å²) >= 11 is 0. The summed E-state index contributed by atoms with van der Waals surface area (Å²) in [6.45, 7) is 1.66. The van der Waals surface area contributed by atoms with Crippen LogP contribution in [0.1, 0.15) is 33.4 Å². The Balaban J connectivity index is 1.06. The summed E-state index contributed by atoms with van der Waals surface area (Å²) < 4.78 is 59.2. The topological polar surface area (TPSA) is 104 Å². The summed E-state index contributed by atoms with van der Waals surface area (Å²) in [7, 11) is 0. The smallest absolute Gasteiger partial charge is 0.383 e. The quantitative estimate of drug-likeness (QED) is 0.0648. The molecule has 0 N–H and O–H groups in total. The maximum Gasteiger partial charge on any atom is 0.383 e. The minimum atomic E-state index is -1.04. The highest BCUT2D eigenvalue weighted by Crippen LogP contribution is 2.38. The molecular formula is C57H52O10. The van der Waals surface area contributed by atoms with Crippen LogP contribution in [0.2, 0.25) is 0 Å². The predicted molar refractivity (Wildman–Crippen MR) is 254 cm³/mol. The molecule has 5 atom stereocenters. The minimum Gasteiger partial charge on any atom is -0.484 e. The molecule has 1 fully saturated rings. The van der Waals surface area contributed by atoms with E-state index in [2.05, 4.69) is 0 Å². The van der Waals surface area contributed by atoms with Crippen LogP contribution >= 0.6 is 0 Å². The van der Waals surface area contributed by atoms with Crippen LogP contribution in [0.5, 0.6) is 17.2 Å². The fourth-order valence-electron chi connectivity index (χ4n) is 7.91. The Labute approximate surface area is 390 Å². The Morgan fingerprint density at radius 1 is 0.418 bits per heavy atom. The van der Waals surface area contributed by atoms with Gasteiger partial charge < -0.3 is 42.3 Å². The van der Waals surface area contributed by atoms with Crippen molar-refractivity contribution in [2.75, 3.05) is 6.61 Å². The van der Waals surface area contributed by atoms with Crippen molar-refractivity contribution in [3.8, 4) is 17.2 Å². The van der Waals surface area contributed by atoms with Gasteiger partial charge >= 0.3 is 5.63 Å². The maximum absolute atomic E-state index is 13.8. The third kappa shape index (κ3) is 12.2. The molecule has 8 aromatic rings. The normalized spacial score (nSPS) is 18.1. The number of ether oxygens (including phenoxy) is 8. The highest BCUT2D eigenvalue weighted by Gasteiger charge is 2.50. The lowest BCUT2D eigenvalue weighted by atomic mass is 9.97. The highest BCUT2D eigenvalue weighted by atomic mass is 16.7. The average molecular weight is 897 g/mol. The van der Waals surface area contributed by atoms with E-state index in [0.29, 0.717) is 24.3 Å². The molecule has 0 aliphatic carbocycles. The van der Waals surface area contributed by atoms with Gasteiger partial charge in [-0.05, 0) is 45.5 Å². The molecule has 340 valence electrons. The molecule has 1 saturated heterocycles. The zero-order valence-electron chi connectivity index (χ0n) is 37.0. The molecule has 2 heterocycles. The Hall–Kier alpha value is -7.05. The first-order chi connectivity index (χ1) is 33.1. The zero-order valence-corrected chi connectivity index (χ0v) is 37.0. The first kappa shape index (κ1) is 45.1. The van der Waals surface area contributed by atoms with E-state index < -0.39 is 36.3 Å². The highest BCUT2D eigenvalue weighted by molar-refractivity contribution is 5.86. The van der Waals surface area contributed by atoms with Crippen molar-refractivity contribution < 1.29 is 42.3 Å². The first-order valence-electron chi connectivity index (χ1n) is 22.5. The summed E-state index contributed by atoms with van der Waals surface area (Å²) in [6, 6.07) is 64.4. The molecule has 67 heavy (non-hydrogen) atoms. The molecule has 1 aromatic heterocycles. The molecule has 0 spiro atoms. The Morgan fingerprint density at radius 3 is 1.33 bits per heavy atom. The van der Waals surface area contributed by atoms with Gasteiger partial charge in [0.2, 0.25) is 12.0 Å². The largest absolute Gasteiger partial charge is 0.484 e. The maximum atomic E-state index is 13.8. The molecule has 10 heteroatoms. The van der Waals surface area contributed by atoms with Crippen molar-refractivity contribution in [3.05, 3.63) is 244 Å². The second-order valence-electron chi connectivity index (χ2n) is 16.2. The molecule has 0 amide bonds. The van der Waals surface area contributed by atoms with E-state index in [4.69, 9.17) is 42.3 Å². The molecule has 0 bridgehead atoms. The van der Waals surface area contributed by atoms with E-state index in [1.165, 1.54) is 0 Å². The Bertz CT molecular complexity index is 2770. The standard InChI is InChI=1S/C57H52O10/c58-56-54(63-38-45-27-15-5-16-28-45)51(60-35-42-21-9-2-10-22-42)48-32-31-47(33-49(48)66-56)65-57-55(64-39-46-29-17-6-18-30-46)53(62-37-44-25-13-4-14-26-44)52(61-36-43-23-11-3-12-24-43)50(67-57)40-59-34-41-19-7-1-8-20-41/h1-33,50,52-53,55,57H,34-40H2/t50-,52-,53+,55+,57+/m1/s1. The predicted octanol–water partition coefficient (Wildman–Crippen LogP) is 11.0. The van der Waals surface area contributed by atoms with Crippen LogP contribution < -0.4 is 19.8 Å². The monoisotopic (exact) mass is 896 g/mol. The van der Waals surface area contributed by atoms with Gasteiger partial charge in [-0.2, -0.15) is 0 Å². The first-order valence-corrected chi connectivity index (χ1v) is 22.5. The molecule has 7 aromatic carbocycles. The van der Waals surface area contributed by atoms with Crippen LogP contribution in [0.3, 0.4) is 0 Å². The lowest BCUT2D eigenvalue weighted by Crippen LogP contribution is -2.62. The second-order valence-corrected chi connectivity index (χ2v) is 16.2. The van der Waals surface area contributed by atoms with Crippen molar-refractivity contribution in [3.63, 3.8) is 0 Å². The Morgan fingerprint density at radius 2 is 0.836 bits per heavy atom. The molecular weight excluding hydrogens is 845 g/mol. The number of benzene rings is 7. The van der Waals surface area contributed by atoms with Crippen molar-refractivity contribution in [2.45, 2.75) is 70.3 Å². The fourth-order valence-corrected chi connectivity index (χ4v) is 7.91. The zero-order chi connectivity index (χ0) is 45.5. The van der Waals surface area contributed by atoms with Crippen LogP contribution in [-0.2, 0) is 63.3 Å². The van der Waals surface area contributed by atoms with Crippen LogP contribution in [0, 0.1) is 0 Å². The third-order valence-corrected chi connectivity index (χ3v) is 11.3. The number of hydrogen-bond acceptors (Lipinski definition) is 10. The van der Waals surface area contributed by atoms with Gasteiger partial charge in [-0.3, -0.25) is 0 Å². The van der Waals surface area contributed by atoms with Crippen molar-refractivity contribution in [1.29, 1.82) is 0 Å². The third-order valence-electron chi connectivity index (χ3n) is 11.3. The van der Waals surface area contributed by atoms with Gasteiger partial charge in [-0.25, -0.2) is 4.79 Å². The van der Waals surface area contributed by atoms with E-state index in [0.717, 1.165) is 33.4 Å². The molecule has 1 aliphatic rings. The van der Waals surface area contributed by atoms with Gasteiger partial charge in [0.05, 0.1) is 38.4 Å². The summed E-state index contributed by atoms with van der Waals surface area (Å²) in [5, 5.41) is 0.526. The van der Waals surface area contributed by atoms with E-state index in [-0.39, 0.29) is 50.1 Å². The van der Waals surface area contributed by atoms with Crippen molar-refractivity contribution >= 4 is 11.0 Å². The number of fused-ring (bicyclic) bond motifs is 1. The van der Waals surface area contributed by atoms with E-state index >= 15 is 0 Å². The molecule has 10 nitrogen and oxygen atoms in total. The van der Waals surface area contributed by atoms with E-state index in [1.807, 2.05) is 182 Å². The molecule has 9 rings (SSSR count). The van der Waals surface area contributed by atoms with Crippen molar-refractivity contribution in [2.24, 2.45) is 0 Å². The van der Waals surface area contributed by atoms with E-state index in [1.54, 1.807) is 18.2 Å². The minimum absolute atomic E-state index is 0.0239. The number of rotatable bonds is 21. The van der Waals surface area contributed by atoms with Gasteiger partial charge in [0.15, 0.2) is 5.75 Å². The molecule has 1 aliphatic heterocycles. The SMILES string of the molecule is O=c1oc2cc(O[C@H]3O[C@H](COCc4ccccc4)[C@@H](OCc4ccccc4)[C@H](OCc4ccccc4)[C@@H]3OCc3ccccc3)ccc2c(OCc2ccccc2)c1OCc1ccccc1. The molecule has 0 radical (unpaired) electrons. The fraction of sp³-hybridized carbons (Fsp3) is 0.211. The average Bonchev–Trinajstić information content (AvgIpc) is 3.38. The lowest BCUT2D eigenvalue weighted by Gasteiger charge is -2.45. The van der Waals surface area contributed by atoms with Gasteiger partial charge in [0.1, 0.15) is 49.0 Å². The summed E-state index contributed by atoms with van der Waals surface area (Å²) in [5.41, 5.74) is 5.31. The second kappa shape index (κ2) is 22.9. The van der Waals surface area contributed by atoms with E-state index in [9.17, 15) is 4.79 Å².